The van der Waals surface area contributed by atoms with E-state index in [1.54, 1.807) is 0 Å². The molecule has 0 aromatic heterocycles. The Balaban J connectivity index is 1.74. The highest BCUT2D eigenvalue weighted by Gasteiger charge is 2.48. The number of carbonyl (C=O) groups is 1. The summed E-state index contributed by atoms with van der Waals surface area (Å²) >= 11 is 12.3. The number of alkyl halides is 3. The smallest absolute Gasteiger partial charge is 0.376 e. The van der Waals surface area contributed by atoms with Crippen molar-refractivity contribution in [1.29, 1.82) is 0 Å². The maximum absolute atomic E-state index is 13.0. The number of likely N-dealkylation sites (tertiary alicyclic amines) is 1. The van der Waals surface area contributed by atoms with E-state index in [1.807, 2.05) is 4.90 Å². The van der Waals surface area contributed by atoms with Gasteiger partial charge in [0.25, 0.3) is 0 Å². The first kappa shape index (κ1) is 23.5. The zero-order valence-corrected chi connectivity index (χ0v) is 18.5. The molecule has 3 atom stereocenters. The third kappa shape index (κ3) is 4.83. The summed E-state index contributed by atoms with van der Waals surface area (Å²) in [6.07, 6.45) is 5.21. The molecule has 1 aromatic carbocycles. The van der Waals surface area contributed by atoms with E-state index in [2.05, 4.69) is 11.1 Å². The van der Waals surface area contributed by atoms with Crippen LogP contribution in [0.3, 0.4) is 0 Å². The van der Waals surface area contributed by atoms with E-state index in [4.69, 9.17) is 23.2 Å². The van der Waals surface area contributed by atoms with Crippen LogP contribution in [-0.2, 0) is 21.3 Å². The van der Waals surface area contributed by atoms with Crippen molar-refractivity contribution in [3.8, 4) is 5.75 Å². The quantitative estimate of drug-likeness (QED) is 0.423. The lowest BCUT2D eigenvalue weighted by molar-refractivity contribution is -0.134. The molecule has 0 radical (unpaired) electrons. The number of rotatable bonds is 5. The summed E-state index contributed by atoms with van der Waals surface area (Å²) < 4.78 is 64.0. The SMILES string of the molecule is C[C@@H]1CCCC[C@@H]1N1CCC(Cc2c(Cl)cc(OS(=O)(=O)C(F)(F)F)cc2Cl)C1=O. The van der Waals surface area contributed by atoms with Gasteiger partial charge in [-0.15, -0.1) is 0 Å². The lowest BCUT2D eigenvalue weighted by Crippen LogP contribution is -2.43. The van der Waals surface area contributed by atoms with Crippen LogP contribution in [0.2, 0.25) is 10.0 Å². The average molecular weight is 488 g/mol. The van der Waals surface area contributed by atoms with Crippen LogP contribution in [-0.4, -0.2) is 37.3 Å². The number of nitrogens with zero attached hydrogens (tertiary/aromatic N) is 1. The highest BCUT2D eigenvalue weighted by Crippen LogP contribution is 2.38. The molecule has 2 fully saturated rings. The second kappa shape index (κ2) is 8.74. The number of amides is 1. The number of carbonyl (C=O) groups excluding carboxylic acids is 1. The minimum Gasteiger partial charge on any atom is -0.376 e. The molecule has 0 spiro atoms. The zero-order chi connectivity index (χ0) is 22.3. The molecule has 3 rings (SSSR count). The monoisotopic (exact) mass is 487 g/mol. The van der Waals surface area contributed by atoms with Gasteiger partial charge in [-0.2, -0.15) is 21.6 Å². The molecule has 1 aromatic rings. The van der Waals surface area contributed by atoms with E-state index in [0.717, 1.165) is 31.4 Å². The molecule has 0 N–H and O–H groups in total. The van der Waals surface area contributed by atoms with Crippen LogP contribution in [0.15, 0.2) is 12.1 Å². The van der Waals surface area contributed by atoms with Gasteiger partial charge in [-0.05, 0) is 37.2 Å². The topological polar surface area (TPSA) is 63.7 Å². The van der Waals surface area contributed by atoms with Crippen molar-refractivity contribution in [2.75, 3.05) is 6.54 Å². The minimum absolute atomic E-state index is 0.0286. The largest absolute Gasteiger partial charge is 0.534 e. The lowest BCUT2D eigenvalue weighted by Gasteiger charge is -2.36. The molecule has 1 aliphatic carbocycles. The third-order valence-corrected chi connectivity index (χ3v) is 7.53. The first-order valence-corrected chi connectivity index (χ1v) is 11.9. The van der Waals surface area contributed by atoms with Crippen LogP contribution in [0.5, 0.6) is 5.75 Å². The van der Waals surface area contributed by atoms with Gasteiger partial charge < -0.3 is 9.08 Å². The van der Waals surface area contributed by atoms with Gasteiger partial charge >= 0.3 is 15.6 Å². The molecule has 1 heterocycles. The van der Waals surface area contributed by atoms with E-state index in [0.29, 0.717) is 24.4 Å². The number of hydrogen-bond acceptors (Lipinski definition) is 4. The Kier molecular flexibility index (Phi) is 6.84. The molecule has 1 saturated carbocycles. The number of hydrogen-bond donors (Lipinski definition) is 0. The summed E-state index contributed by atoms with van der Waals surface area (Å²) in [5.41, 5.74) is -5.19. The molecule has 2 aliphatic rings. The molecule has 1 unspecified atom stereocenters. The molecule has 1 amide bonds. The summed E-state index contributed by atoms with van der Waals surface area (Å²) in [5.74, 6) is -0.497. The Bertz CT molecular complexity index is 900. The van der Waals surface area contributed by atoms with Crippen molar-refractivity contribution in [3.63, 3.8) is 0 Å². The van der Waals surface area contributed by atoms with Crippen molar-refractivity contribution in [2.45, 2.75) is 57.0 Å². The summed E-state index contributed by atoms with van der Waals surface area (Å²) in [6, 6.07) is 2.16. The second-order valence-corrected chi connectivity index (χ2v) is 10.3. The Morgan fingerprint density at radius 2 is 1.73 bits per heavy atom. The third-order valence-electron chi connectivity index (χ3n) is 5.87. The van der Waals surface area contributed by atoms with Gasteiger partial charge in [0.2, 0.25) is 5.91 Å². The summed E-state index contributed by atoms with van der Waals surface area (Å²) in [4.78, 5) is 14.9. The van der Waals surface area contributed by atoms with Crippen LogP contribution >= 0.6 is 23.2 Å². The molecular weight excluding hydrogens is 466 g/mol. The first-order valence-electron chi connectivity index (χ1n) is 9.70. The van der Waals surface area contributed by atoms with E-state index in [1.165, 1.54) is 6.42 Å². The molecule has 11 heteroatoms. The molecule has 168 valence electrons. The van der Waals surface area contributed by atoms with E-state index < -0.39 is 21.4 Å². The van der Waals surface area contributed by atoms with Gasteiger partial charge in [0.05, 0.1) is 0 Å². The Hall–Kier alpha value is -1.19. The second-order valence-electron chi connectivity index (χ2n) is 7.90. The van der Waals surface area contributed by atoms with Crippen molar-refractivity contribution >= 4 is 39.2 Å². The van der Waals surface area contributed by atoms with Crippen LogP contribution in [0, 0.1) is 11.8 Å². The van der Waals surface area contributed by atoms with Gasteiger partial charge in [-0.3, -0.25) is 4.79 Å². The predicted molar refractivity (Wildman–Crippen MR) is 107 cm³/mol. The van der Waals surface area contributed by atoms with Crippen LogP contribution in [0.25, 0.3) is 0 Å². The van der Waals surface area contributed by atoms with Gasteiger partial charge in [0, 0.05) is 40.7 Å². The van der Waals surface area contributed by atoms with Crippen LogP contribution in [0.1, 0.15) is 44.6 Å². The fraction of sp³-hybridized carbons (Fsp3) is 0.632. The zero-order valence-electron chi connectivity index (χ0n) is 16.2. The van der Waals surface area contributed by atoms with Crippen LogP contribution in [0.4, 0.5) is 13.2 Å². The summed E-state index contributed by atoms with van der Waals surface area (Å²) in [5, 5.41) is -0.0979. The van der Waals surface area contributed by atoms with Gasteiger partial charge in [0.1, 0.15) is 5.75 Å². The Labute approximate surface area is 183 Å². The highest BCUT2D eigenvalue weighted by molar-refractivity contribution is 7.88. The Morgan fingerprint density at radius 3 is 2.30 bits per heavy atom. The van der Waals surface area contributed by atoms with Crippen molar-refractivity contribution in [1.82, 2.24) is 4.90 Å². The van der Waals surface area contributed by atoms with Gasteiger partial charge in [-0.25, -0.2) is 0 Å². The molecule has 0 bridgehead atoms. The molecule has 1 saturated heterocycles. The molecule has 1 aliphatic heterocycles. The molecule has 5 nitrogen and oxygen atoms in total. The van der Waals surface area contributed by atoms with E-state index in [9.17, 15) is 26.4 Å². The maximum Gasteiger partial charge on any atom is 0.534 e. The first-order chi connectivity index (χ1) is 13.9. The van der Waals surface area contributed by atoms with Gasteiger partial charge in [0.15, 0.2) is 0 Å². The maximum atomic E-state index is 13.0. The number of benzene rings is 1. The number of halogens is 5. The summed E-state index contributed by atoms with van der Waals surface area (Å²) in [7, 11) is -5.83. The highest BCUT2D eigenvalue weighted by atomic mass is 35.5. The molecule has 30 heavy (non-hydrogen) atoms. The van der Waals surface area contributed by atoms with E-state index in [-0.39, 0.29) is 34.3 Å². The standard InChI is InChI=1S/C19H22Cl2F3NO4S/c1-11-4-2-3-5-17(11)25-7-6-12(18(25)26)8-14-15(20)9-13(10-16(14)21)29-30(27,28)19(22,23)24/h9-12,17H,2-8H2,1H3/t11-,12?,17+/m1/s1. The lowest BCUT2D eigenvalue weighted by atomic mass is 9.85. The van der Waals surface area contributed by atoms with Crippen LogP contribution < -0.4 is 4.18 Å². The normalized spacial score (nSPS) is 25.6. The fourth-order valence-electron chi connectivity index (χ4n) is 4.28. The minimum atomic E-state index is -5.83. The predicted octanol–water partition coefficient (Wildman–Crippen LogP) is 5.19. The fourth-order valence-corrected chi connectivity index (χ4v) is 5.35. The van der Waals surface area contributed by atoms with Crippen molar-refractivity contribution in [2.24, 2.45) is 11.8 Å². The van der Waals surface area contributed by atoms with Gasteiger partial charge in [-0.1, -0.05) is 43.0 Å². The van der Waals surface area contributed by atoms with E-state index >= 15 is 0 Å². The van der Waals surface area contributed by atoms with Crippen molar-refractivity contribution in [3.05, 3.63) is 27.7 Å². The summed E-state index contributed by atoms with van der Waals surface area (Å²) in [6.45, 7) is 2.81. The Morgan fingerprint density at radius 1 is 1.13 bits per heavy atom. The average Bonchev–Trinajstić information content (AvgIpc) is 2.98. The van der Waals surface area contributed by atoms with Crippen molar-refractivity contribution < 1.29 is 30.6 Å². The molecular formula is C19H22Cl2F3NO4S.